The molecule has 5 rings (SSSR count). The Kier molecular flexibility index (Phi) is 5.57. The Morgan fingerprint density at radius 1 is 1.19 bits per heavy atom. The molecule has 0 saturated carbocycles. The van der Waals surface area contributed by atoms with Crippen LogP contribution in [0.1, 0.15) is 60.0 Å². The zero-order valence-corrected chi connectivity index (χ0v) is 19.6. The molecule has 1 aliphatic carbocycles. The number of benzene rings is 1. The van der Waals surface area contributed by atoms with Crippen LogP contribution in [-0.4, -0.2) is 22.0 Å². The summed E-state index contributed by atoms with van der Waals surface area (Å²) in [4.78, 5) is 17.0. The van der Waals surface area contributed by atoms with E-state index in [1.807, 2.05) is 34.4 Å². The maximum Gasteiger partial charge on any atom is 0.318 e. The SMILES string of the molecule is CC(C)CNC(=O)N1Cc2c(sc3c2CCCC3)-n2cccc2C1c1cccc(Cl)c1. The minimum Gasteiger partial charge on any atom is -0.338 e. The number of hydrogen-bond donors (Lipinski definition) is 1. The molecule has 0 spiro atoms. The lowest BCUT2D eigenvalue weighted by Gasteiger charge is -2.31. The van der Waals surface area contributed by atoms with Crippen LogP contribution in [0.15, 0.2) is 42.6 Å². The summed E-state index contributed by atoms with van der Waals surface area (Å²) in [5.74, 6) is 0.397. The molecule has 0 fully saturated rings. The number of carbonyl (C=O) groups excluding carboxylic acids is 1. The molecule has 3 heterocycles. The number of fused-ring (bicyclic) bond motifs is 5. The van der Waals surface area contributed by atoms with Crippen molar-refractivity contribution in [2.75, 3.05) is 6.54 Å². The van der Waals surface area contributed by atoms with Gasteiger partial charge in [-0.15, -0.1) is 11.3 Å². The molecule has 2 aliphatic rings. The first-order valence-electron chi connectivity index (χ1n) is 11.1. The molecule has 4 nitrogen and oxygen atoms in total. The van der Waals surface area contributed by atoms with Crippen molar-refractivity contribution in [3.05, 3.63) is 74.9 Å². The second-order valence-corrected chi connectivity index (χ2v) is 10.5. The maximum absolute atomic E-state index is 13.5. The summed E-state index contributed by atoms with van der Waals surface area (Å²) in [6.45, 7) is 5.52. The number of urea groups is 1. The van der Waals surface area contributed by atoms with E-state index >= 15 is 0 Å². The highest BCUT2D eigenvalue weighted by atomic mass is 35.5. The number of aromatic nitrogens is 1. The lowest BCUT2D eigenvalue weighted by molar-refractivity contribution is 0.179. The number of nitrogens with zero attached hydrogens (tertiary/aromatic N) is 2. The molecule has 2 aromatic heterocycles. The second-order valence-electron chi connectivity index (χ2n) is 8.96. The highest BCUT2D eigenvalue weighted by molar-refractivity contribution is 7.15. The number of aryl methyl sites for hydroxylation is 1. The third-order valence-corrected chi connectivity index (χ3v) is 7.83. The Bertz CT molecular complexity index is 1120. The molecule has 0 saturated heterocycles. The van der Waals surface area contributed by atoms with Crippen molar-refractivity contribution in [2.24, 2.45) is 5.92 Å². The highest BCUT2D eigenvalue weighted by Crippen LogP contribution is 2.44. The van der Waals surface area contributed by atoms with Gasteiger partial charge in [0.05, 0.1) is 18.3 Å². The lowest BCUT2D eigenvalue weighted by Crippen LogP contribution is -2.43. The van der Waals surface area contributed by atoms with Gasteiger partial charge in [-0.3, -0.25) is 0 Å². The van der Waals surface area contributed by atoms with Gasteiger partial charge in [0.1, 0.15) is 5.00 Å². The van der Waals surface area contributed by atoms with Gasteiger partial charge in [-0.2, -0.15) is 0 Å². The third-order valence-electron chi connectivity index (χ3n) is 6.27. The number of halogens is 1. The summed E-state index contributed by atoms with van der Waals surface area (Å²) < 4.78 is 2.31. The van der Waals surface area contributed by atoms with Crippen molar-refractivity contribution in [3.63, 3.8) is 0 Å². The molecule has 3 aromatic rings. The summed E-state index contributed by atoms with van der Waals surface area (Å²) in [6, 6.07) is 11.9. The van der Waals surface area contributed by atoms with Gasteiger partial charge in [-0.25, -0.2) is 4.79 Å². The van der Waals surface area contributed by atoms with E-state index in [1.54, 1.807) is 0 Å². The van der Waals surface area contributed by atoms with Crippen LogP contribution >= 0.6 is 22.9 Å². The Hall–Kier alpha value is -2.24. The number of amides is 2. The van der Waals surface area contributed by atoms with Crippen LogP contribution in [-0.2, 0) is 19.4 Å². The first-order valence-corrected chi connectivity index (χ1v) is 12.3. The summed E-state index contributed by atoms with van der Waals surface area (Å²) in [6.07, 6.45) is 6.89. The number of nitrogens with one attached hydrogen (secondary N) is 1. The molecule has 2 amide bonds. The van der Waals surface area contributed by atoms with E-state index in [9.17, 15) is 4.79 Å². The number of carbonyl (C=O) groups is 1. The smallest absolute Gasteiger partial charge is 0.318 e. The first-order chi connectivity index (χ1) is 15.0. The van der Waals surface area contributed by atoms with Crippen LogP contribution in [0.2, 0.25) is 5.02 Å². The molecule has 0 radical (unpaired) electrons. The fourth-order valence-corrected chi connectivity index (χ4v) is 6.41. The molecular formula is C25H28ClN3OS. The van der Waals surface area contributed by atoms with Gasteiger partial charge in [0.2, 0.25) is 0 Å². The summed E-state index contributed by atoms with van der Waals surface area (Å²) >= 11 is 8.28. The molecule has 162 valence electrons. The monoisotopic (exact) mass is 453 g/mol. The van der Waals surface area contributed by atoms with Crippen LogP contribution in [0, 0.1) is 5.92 Å². The largest absolute Gasteiger partial charge is 0.338 e. The van der Waals surface area contributed by atoms with E-state index in [-0.39, 0.29) is 12.1 Å². The molecule has 1 aliphatic heterocycles. The standard InChI is InChI=1S/C25H28ClN3OS/c1-16(2)14-27-25(30)29-15-20-19-9-3-4-11-22(19)31-24(20)28-12-6-10-21(28)23(29)17-7-5-8-18(26)13-17/h5-8,10,12-13,16,23H,3-4,9,11,14-15H2,1-2H3,(H,27,30). The number of hydrogen-bond acceptors (Lipinski definition) is 2. The molecule has 1 aromatic carbocycles. The van der Waals surface area contributed by atoms with Gasteiger partial charge in [0.15, 0.2) is 0 Å². The van der Waals surface area contributed by atoms with Gasteiger partial charge < -0.3 is 14.8 Å². The maximum atomic E-state index is 13.5. The van der Waals surface area contributed by atoms with E-state index in [0.717, 1.165) is 24.1 Å². The van der Waals surface area contributed by atoms with E-state index in [0.29, 0.717) is 24.0 Å². The lowest BCUT2D eigenvalue weighted by atomic mass is 9.95. The third kappa shape index (κ3) is 3.79. The van der Waals surface area contributed by atoms with Crippen LogP contribution in [0.5, 0.6) is 0 Å². The minimum atomic E-state index is -0.195. The molecule has 1 unspecified atom stereocenters. The minimum absolute atomic E-state index is 0.0185. The van der Waals surface area contributed by atoms with Crippen LogP contribution < -0.4 is 5.32 Å². The normalized spacial score (nSPS) is 17.7. The van der Waals surface area contributed by atoms with Gasteiger partial charge in [0.25, 0.3) is 0 Å². The van der Waals surface area contributed by atoms with Gasteiger partial charge in [-0.05, 0) is 67.0 Å². The molecule has 0 bridgehead atoms. The van der Waals surface area contributed by atoms with Crippen LogP contribution in [0.25, 0.3) is 5.00 Å². The van der Waals surface area contributed by atoms with Gasteiger partial charge in [0, 0.05) is 28.2 Å². The Labute approximate surface area is 192 Å². The fourth-order valence-electron chi connectivity index (χ4n) is 4.81. The zero-order chi connectivity index (χ0) is 21.5. The highest BCUT2D eigenvalue weighted by Gasteiger charge is 2.36. The number of rotatable bonds is 3. The van der Waals surface area contributed by atoms with Crippen molar-refractivity contribution in [1.29, 1.82) is 0 Å². The van der Waals surface area contributed by atoms with Crippen molar-refractivity contribution >= 4 is 29.0 Å². The Morgan fingerprint density at radius 3 is 2.84 bits per heavy atom. The van der Waals surface area contributed by atoms with E-state index in [1.165, 1.54) is 33.8 Å². The Balaban J connectivity index is 1.67. The van der Waals surface area contributed by atoms with Crippen molar-refractivity contribution < 1.29 is 4.79 Å². The summed E-state index contributed by atoms with van der Waals surface area (Å²) in [5, 5.41) is 5.13. The average molecular weight is 454 g/mol. The predicted octanol–water partition coefficient (Wildman–Crippen LogP) is 6.34. The summed E-state index contributed by atoms with van der Waals surface area (Å²) in [7, 11) is 0. The molecule has 31 heavy (non-hydrogen) atoms. The molecule has 1 N–H and O–H groups in total. The van der Waals surface area contributed by atoms with E-state index in [2.05, 4.69) is 48.1 Å². The van der Waals surface area contributed by atoms with E-state index in [4.69, 9.17) is 11.6 Å². The van der Waals surface area contributed by atoms with Crippen molar-refractivity contribution in [2.45, 2.75) is 52.1 Å². The predicted molar refractivity (Wildman–Crippen MR) is 127 cm³/mol. The molecule has 6 heteroatoms. The average Bonchev–Trinajstić information content (AvgIpc) is 3.34. The molecular weight excluding hydrogens is 426 g/mol. The zero-order valence-electron chi connectivity index (χ0n) is 18.0. The van der Waals surface area contributed by atoms with Crippen LogP contribution in [0.3, 0.4) is 0 Å². The second kappa shape index (κ2) is 8.36. The van der Waals surface area contributed by atoms with Crippen molar-refractivity contribution in [3.8, 4) is 5.00 Å². The number of thiophene rings is 1. The van der Waals surface area contributed by atoms with Gasteiger partial charge in [-0.1, -0.05) is 37.6 Å². The Morgan fingerprint density at radius 2 is 2.03 bits per heavy atom. The fraction of sp³-hybridized carbons (Fsp3) is 0.400. The first kappa shape index (κ1) is 20.7. The quantitative estimate of drug-likeness (QED) is 0.493. The van der Waals surface area contributed by atoms with Gasteiger partial charge >= 0.3 is 6.03 Å². The summed E-state index contributed by atoms with van der Waals surface area (Å²) in [5.41, 5.74) is 4.94. The van der Waals surface area contributed by atoms with Crippen LogP contribution in [0.4, 0.5) is 4.79 Å². The van der Waals surface area contributed by atoms with Crippen molar-refractivity contribution in [1.82, 2.24) is 14.8 Å². The topological polar surface area (TPSA) is 37.3 Å². The molecule has 1 atom stereocenters. The van der Waals surface area contributed by atoms with E-state index < -0.39 is 0 Å².